The first-order valence-electron chi connectivity index (χ1n) is 9.40. The van der Waals surface area contributed by atoms with Gasteiger partial charge in [0.1, 0.15) is 29.7 Å². The molecule has 0 aliphatic carbocycles. The molecule has 0 saturated carbocycles. The van der Waals surface area contributed by atoms with Gasteiger partial charge < -0.3 is 19.3 Å². The molecule has 29 heavy (non-hydrogen) atoms. The molecule has 0 bridgehead atoms. The van der Waals surface area contributed by atoms with E-state index in [9.17, 15) is 13.6 Å². The summed E-state index contributed by atoms with van der Waals surface area (Å²) in [6.45, 7) is 3.72. The second-order valence-corrected chi connectivity index (χ2v) is 7.87. The number of methoxy groups -OCH3 is 2. The Bertz CT molecular complexity index is 858. The first-order valence-corrected chi connectivity index (χ1v) is 10.4. The summed E-state index contributed by atoms with van der Waals surface area (Å²) in [4.78, 5) is 15.9. The number of thioether (sulfide) groups is 1. The highest BCUT2D eigenvalue weighted by Gasteiger charge is 2.25. The number of halogens is 2. The third kappa shape index (κ3) is 5.61. The van der Waals surface area contributed by atoms with Crippen molar-refractivity contribution in [2.75, 3.05) is 46.2 Å². The highest BCUT2D eigenvalue weighted by Crippen LogP contribution is 2.24. The maximum absolute atomic E-state index is 13.7. The summed E-state index contributed by atoms with van der Waals surface area (Å²) in [5.41, 5.74) is 1.07. The summed E-state index contributed by atoms with van der Waals surface area (Å²) in [7, 11) is 3.29. The van der Waals surface area contributed by atoms with Crippen molar-refractivity contribution >= 4 is 17.7 Å². The molecule has 1 heterocycles. The molecule has 1 aliphatic heterocycles. The van der Waals surface area contributed by atoms with Crippen LogP contribution in [0.1, 0.15) is 5.56 Å². The molecule has 2 aromatic rings. The molecular formula is C21H25F2N2O3S+. The fourth-order valence-electron chi connectivity index (χ4n) is 3.36. The number of benzene rings is 2. The second kappa shape index (κ2) is 9.93. The van der Waals surface area contributed by atoms with Gasteiger partial charge in [-0.3, -0.25) is 4.79 Å². The molecule has 0 unspecified atom stereocenters. The van der Waals surface area contributed by atoms with Gasteiger partial charge in [0.05, 0.1) is 51.7 Å². The van der Waals surface area contributed by atoms with Gasteiger partial charge in [0.25, 0.3) is 0 Å². The summed E-state index contributed by atoms with van der Waals surface area (Å²) in [5, 5.41) is 0. The van der Waals surface area contributed by atoms with E-state index in [1.807, 2.05) is 18.2 Å². The molecule has 0 spiro atoms. The number of rotatable bonds is 7. The van der Waals surface area contributed by atoms with Crippen molar-refractivity contribution in [2.24, 2.45) is 0 Å². The quantitative estimate of drug-likeness (QED) is 0.692. The Morgan fingerprint density at radius 3 is 2.52 bits per heavy atom. The molecule has 8 heteroatoms. The Labute approximate surface area is 173 Å². The van der Waals surface area contributed by atoms with E-state index in [0.29, 0.717) is 13.1 Å². The molecule has 0 atom stereocenters. The Hall–Kier alpha value is -2.32. The number of nitrogens with zero attached hydrogens (tertiary/aromatic N) is 1. The SMILES string of the molecule is COc1ccc(OC)c(C[NH+]2CCN(C(=O)CSc3ccc(F)cc3F)CC2)c1. The minimum Gasteiger partial charge on any atom is -0.497 e. The monoisotopic (exact) mass is 423 g/mol. The van der Waals surface area contributed by atoms with Crippen LogP contribution in [0.25, 0.3) is 0 Å². The largest absolute Gasteiger partial charge is 0.497 e. The van der Waals surface area contributed by atoms with Crippen LogP contribution in [0.2, 0.25) is 0 Å². The van der Waals surface area contributed by atoms with Crippen molar-refractivity contribution in [1.29, 1.82) is 0 Å². The average Bonchev–Trinajstić information content (AvgIpc) is 2.73. The van der Waals surface area contributed by atoms with E-state index in [1.54, 1.807) is 19.1 Å². The van der Waals surface area contributed by atoms with Gasteiger partial charge in [0.15, 0.2) is 0 Å². The molecule has 0 aromatic heterocycles. The van der Waals surface area contributed by atoms with Crippen LogP contribution in [-0.2, 0) is 11.3 Å². The molecule has 156 valence electrons. The number of hydrogen-bond donors (Lipinski definition) is 1. The second-order valence-electron chi connectivity index (χ2n) is 6.85. The summed E-state index contributed by atoms with van der Waals surface area (Å²) < 4.78 is 37.4. The van der Waals surface area contributed by atoms with Crippen LogP contribution >= 0.6 is 11.8 Å². The van der Waals surface area contributed by atoms with E-state index in [-0.39, 0.29) is 16.6 Å². The normalized spacial score (nSPS) is 14.7. The lowest BCUT2D eigenvalue weighted by atomic mass is 10.1. The average molecular weight is 424 g/mol. The van der Waals surface area contributed by atoms with Gasteiger partial charge in [-0.1, -0.05) is 0 Å². The molecular weight excluding hydrogens is 398 g/mol. The molecule has 1 N–H and O–H groups in total. The standard InChI is InChI=1S/C21H24F2N2O3S/c1-27-17-4-5-19(28-2)15(11-17)13-24-7-9-25(10-8-24)21(26)14-29-20-6-3-16(22)12-18(20)23/h3-6,11-12H,7-10,13-14H2,1-2H3/p+1. The highest BCUT2D eigenvalue weighted by atomic mass is 32.2. The maximum Gasteiger partial charge on any atom is 0.233 e. The molecule has 1 saturated heterocycles. The van der Waals surface area contributed by atoms with Crippen LogP contribution in [0.3, 0.4) is 0 Å². The minimum atomic E-state index is -0.635. The number of nitrogens with one attached hydrogen (secondary N) is 1. The molecule has 5 nitrogen and oxygen atoms in total. The zero-order valence-electron chi connectivity index (χ0n) is 16.5. The Kier molecular flexibility index (Phi) is 7.33. The van der Waals surface area contributed by atoms with E-state index >= 15 is 0 Å². The van der Waals surface area contributed by atoms with Gasteiger partial charge in [-0.2, -0.15) is 0 Å². The van der Waals surface area contributed by atoms with Crippen molar-refractivity contribution in [1.82, 2.24) is 4.90 Å². The predicted molar refractivity (Wildman–Crippen MR) is 108 cm³/mol. The van der Waals surface area contributed by atoms with E-state index in [1.165, 1.54) is 17.0 Å². The van der Waals surface area contributed by atoms with Crippen molar-refractivity contribution in [2.45, 2.75) is 11.4 Å². The Morgan fingerprint density at radius 1 is 1.10 bits per heavy atom. The van der Waals surface area contributed by atoms with Crippen molar-refractivity contribution in [3.8, 4) is 11.5 Å². The van der Waals surface area contributed by atoms with Crippen LogP contribution < -0.4 is 14.4 Å². The smallest absolute Gasteiger partial charge is 0.233 e. The predicted octanol–water partition coefficient (Wildman–Crippen LogP) is 2.00. The van der Waals surface area contributed by atoms with Gasteiger partial charge in [-0.25, -0.2) is 8.78 Å². The summed E-state index contributed by atoms with van der Waals surface area (Å²) >= 11 is 1.10. The number of quaternary nitrogens is 1. The molecule has 2 aromatic carbocycles. The summed E-state index contributed by atoms with van der Waals surface area (Å²) in [6.07, 6.45) is 0. The molecule has 3 rings (SSSR count). The van der Waals surface area contributed by atoms with Crippen LogP contribution in [0, 0.1) is 11.6 Å². The topological polar surface area (TPSA) is 43.2 Å². The summed E-state index contributed by atoms with van der Waals surface area (Å²) in [5.74, 6) is 0.473. The summed E-state index contributed by atoms with van der Waals surface area (Å²) in [6, 6.07) is 9.16. The van der Waals surface area contributed by atoms with E-state index < -0.39 is 11.6 Å². The van der Waals surface area contributed by atoms with E-state index in [2.05, 4.69) is 0 Å². The fourth-order valence-corrected chi connectivity index (χ4v) is 4.18. The molecule has 1 fully saturated rings. The number of amides is 1. The van der Waals surface area contributed by atoms with Gasteiger partial charge in [0, 0.05) is 11.0 Å². The Morgan fingerprint density at radius 2 is 1.86 bits per heavy atom. The lowest BCUT2D eigenvalue weighted by Crippen LogP contribution is -3.13. The number of ether oxygens (including phenoxy) is 2. The van der Waals surface area contributed by atoms with Crippen molar-refractivity contribution in [3.05, 3.63) is 53.6 Å². The number of carbonyl (C=O) groups is 1. The van der Waals surface area contributed by atoms with E-state index in [4.69, 9.17) is 9.47 Å². The molecule has 1 amide bonds. The Balaban J connectivity index is 1.50. The minimum absolute atomic E-state index is 0.0308. The van der Waals surface area contributed by atoms with Crippen LogP contribution in [0.5, 0.6) is 11.5 Å². The number of hydrogen-bond acceptors (Lipinski definition) is 4. The number of piperazine rings is 1. The lowest BCUT2D eigenvalue weighted by molar-refractivity contribution is -0.917. The zero-order valence-corrected chi connectivity index (χ0v) is 17.4. The highest BCUT2D eigenvalue weighted by molar-refractivity contribution is 8.00. The van der Waals surface area contributed by atoms with E-state index in [0.717, 1.165) is 54.5 Å². The van der Waals surface area contributed by atoms with Gasteiger partial charge >= 0.3 is 0 Å². The van der Waals surface area contributed by atoms with Gasteiger partial charge in [-0.15, -0.1) is 11.8 Å². The molecule has 1 aliphatic rings. The van der Waals surface area contributed by atoms with Crippen molar-refractivity contribution in [3.63, 3.8) is 0 Å². The van der Waals surface area contributed by atoms with Crippen LogP contribution in [-0.4, -0.2) is 57.0 Å². The maximum atomic E-state index is 13.7. The third-order valence-electron chi connectivity index (χ3n) is 5.00. The molecule has 0 radical (unpaired) electrons. The third-order valence-corrected chi connectivity index (χ3v) is 6.03. The fraction of sp³-hybridized carbons (Fsp3) is 0.381. The van der Waals surface area contributed by atoms with Gasteiger partial charge in [-0.05, 0) is 30.3 Å². The zero-order chi connectivity index (χ0) is 20.8. The first-order chi connectivity index (χ1) is 14.0. The van der Waals surface area contributed by atoms with Crippen LogP contribution in [0.4, 0.5) is 8.78 Å². The number of carbonyl (C=O) groups excluding carboxylic acids is 1. The van der Waals surface area contributed by atoms with Crippen molar-refractivity contribution < 1.29 is 27.9 Å². The lowest BCUT2D eigenvalue weighted by Gasteiger charge is -2.32. The first kappa shape index (κ1) is 21.4. The van der Waals surface area contributed by atoms with Crippen LogP contribution in [0.15, 0.2) is 41.3 Å². The van der Waals surface area contributed by atoms with Gasteiger partial charge in [0.2, 0.25) is 5.91 Å².